The van der Waals surface area contributed by atoms with Gasteiger partial charge < -0.3 is 10.4 Å². The van der Waals surface area contributed by atoms with Gasteiger partial charge in [-0.2, -0.15) is 0 Å². The zero-order valence-corrected chi connectivity index (χ0v) is 8.41. The van der Waals surface area contributed by atoms with Crippen molar-refractivity contribution in [3.63, 3.8) is 0 Å². The van der Waals surface area contributed by atoms with E-state index in [1.165, 1.54) is 0 Å². The van der Waals surface area contributed by atoms with Crippen LogP contribution >= 0.6 is 0 Å². The van der Waals surface area contributed by atoms with Crippen LogP contribution in [0, 0.1) is 5.92 Å². The lowest BCUT2D eigenvalue weighted by Gasteiger charge is -2.13. The Bertz CT molecular complexity index is 279. The molecule has 1 atom stereocenters. The summed E-state index contributed by atoms with van der Waals surface area (Å²) in [5.74, 6) is -1.10. The Morgan fingerprint density at radius 2 is 2.07 bits per heavy atom. The Labute approximate surface area is 83.0 Å². The molecule has 0 heterocycles. The number of allylic oxidation sites excluding steroid dienone is 1. The Morgan fingerprint density at radius 3 is 2.43 bits per heavy atom. The molecule has 1 aliphatic rings. The number of carboxylic acids is 1. The van der Waals surface area contributed by atoms with Crippen LogP contribution in [0.4, 0.5) is 0 Å². The minimum Gasteiger partial charge on any atom is -0.480 e. The molecule has 1 saturated carbocycles. The lowest BCUT2D eigenvalue weighted by atomic mass is 10.1. The number of rotatable bonds is 4. The summed E-state index contributed by atoms with van der Waals surface area (Å²) in [5.41, 5.74) is 0.553. The summed E-state index contributed by atoms with van der Waals surface area (Å²) >= 11 is 0. The van der Waals surface area contributed by atoms with Crippen LogP contribution in [-0.2, 0) is 9.59 Å². The van der Waals surface area contributed by atoms with Crippen LogP contribution in [0.3, 0.4) is 0 Å². The lowest BCUT2D eigenvalue weighted by Crippen LogP contribution is -2.42. The van der Waals surface area contributed by atoms with Gasteiger partial charge in [0.15, 0.2) is 0 Å². The van der Waals surface area contributed by atoms with E-state index in [1.807, 2.05) is 0 Å². The van der Waals surface area contributed by atoms with Crippen molar-refractivity contribution >= 4 is 11.9 Å². The van der Waals surface area contributed by atoms with Crippen LogP contribution in [0.15, 0.2) is 11.6 Å². The first-order valence-electron chi connectivity index (χ1n) is 4.73. The zero-order valence-electron chi connectivity index (χ0n) is 8.41. The van der Waals surface area contributed by atoms with Gasteiger partial charge in [0.2, 0.25) is 5.91 Å². The summed E-state index contributed by atoms with van der Waals surface area (Å²) in [6, 6.07) is -0.711. The molecule has 0 aromatic carbocycles. The second-order valence-corrected chi connectivity index (χ2v) is 3.60. The molecule has 1 amide bonds. The van der Waals surface area contributed by atoms with Gasteiger partial charge >= 0.3 is 5.97 Å². The Balaban J connectivity index is 2.55. The number of nitrogens with one attached hydrogen (secondary N) is 1. The third-order valence-corrected chi connectivity index (χ3v) is 2.44. The molecule has 14 heavy (non-hydrogen) atoms. The molecule has 0 saturated heterocycles. The first-order valence-corrected chi connectivity index (χ1v) is 4.73. The molecule has 1 aliphatic carbocycles. The van der Waals surface area contributed by atoms with E-state index in [4.69, 9.17) is 5.11 Å². The van der Waals surface area contributed by atoms with Crippen molar-refractivity contribution < 1.29 is 14.7 Å². The van der Waals surface area contributed by atoms with Gasteiger partial charge in [-0.25, -0.2) is 4.79 Å². The summed E-state index contributed by atoms with van der Waals surface area (Å²) < 4.78 is 0. The minimum absolute atomic E-state index is 0.126. The molecule has 1 fully saturated rings. The molecule has 0 radical (unpaired) electrons. The maximum Gasteiger partial charge on any atom is 0.326 e. The molecular formula is C10H15NO3. The Kier molecular flexibility index (Phi) is 3.28. The molecule has 0 aromatic rings. The highest BCUT2D eigenvalue weighted by molar-refractivity contribution is 5.95. The fraction of sp³-hybridized carbons (Fsp3) is 0.600. The third kappa shape index (κ3) is 2.58. The van der Waals surface area contributed by atoms with Crippen molar-refractivity contribution in [1.29, 1.82) is 0 Å². The average molecular weight is 197 g/mol. The molecule has 2 N–H and O–H groups in total. The predicted octanol–water partition coefficient (Wildman–Crippen LogP) is 0.932. The molecule has 4 nitrogen and oxygen atoms in total. The van der Waals surface area contributed by atoms with Crippen molar-refractivity contribution in [2.75, 3.05) is 0 Å². The van der Waals surface area contributed by atoms with Crippen molar-refractivity contribution in [3.8, 4) is 0 Å². The average Bonchev–Trinajstić information content (AvgIpc) is 2.95. The summed E-state index contributed by atoms with van der Waals surface area (Å²) in [6.07, 6.45) is 3.46. The minimum atomic E-state index is -0.940. The fourth-order valence-electron chi connectivity index (χ4n) is 1.20. The molecule has 1 rings (SSSR count). The third-order valence-electron chi connectivity index (χ3n) is 2.44. The highest BCUT2D eigenvalue weighted by atomic mass is 16.4. The second-order valence-electron chi connectivity index (χ2n) is 3.60. The number of carbonyl (C=O) groups is 2. The topological polar surface area (TPSA) is 66.4 Å². The summed E-state index contributed by atoms with van der Waals surface area (Å²) in [4.78, 5) is 22.2. The van der Waals surface area contributed by atoms with E-state index >= 15 is 0 Å². The van der Waals surface area contributed by atoms with Crippen molar-refractivity contribution in [1.82, 2.24) is 5.32 Å². The van der Waals surface area contributed by atoms with Gasteiger partial charge in [0, 0.05) is 5.57 Å². The van der Waals surface area contributed by atoms with Crippen molar-refractivity contribution in [2.45, 2.75) is 32.7 Å². The number of hydrogen-bond acceptors (Lipinski definition) is 2. The van der Waals surface area contributed by atoms with E-state index in [0.717, 1.165) is 12.8 Å². The summed E-state index contributed by atoms with van der Waals surface area (Å²) in [5, 5.41) is 11.4. The van der Waals surface area contributed by atoms with E-state index < -0.39 is 12.0 Å². The molecule has 78 valence electrons. The summed E-state index contributed by atoms with van der Waals surface area (Å²) in [6.45, 7) is 3.42. The van der Waals surface area contributed by atoms with Gasteiger partial charge in [-0.1, -0.05) is 6.08 Å². The number of hydrogen-bond donors (Lipinski definition) is 2. The van der Waals surface area contributed by atoms with Gasteiger partial charge in [-0.3, -0.25) is 4.79 Å². The van der Waals surface area contributed by atoms with Crippen molar-refractivity contribution in [2.24, 2.45) is 5.92 Å². The molecule has 0 bridgehead atoms. The quantitative estimate of drug-likeness (QED) is 0.659. The largest absolute Gasteiger partial charge is 0.480 e. The molecule has 0 aromatic heterocycles. The van der Waals surface area contributed by atoms with Crippen LogP contribution in [0.25, 0.3) is 0 Å². The van der Waals surface area contributed by atoms with E-state index in [1.54, 1.807) is 19.9 Å². The highest BCUT2D eigenvalue weighted by Crippen LogP contribution is 2.32. The van der Waals surface area contributed by atoms with Crippen LogP contribution in [0.2, 0.25) is 0 Å². The predicted molar refractivity (Wildman–Crippen MR) is 51.7 cm³/mol. The van der Waals surface area contributed by atoms with Gasteiger partial charge in [-0.15, -0.1) is 0 Å². The molecule has 4 heteroatoms. The monoisotopic (exact) mass is 197 g/mol. The molecule has 1 unspecified atom stereocenters. The highest BCUT2D eigenvalue weighted by Gasteiger charge is 2.37. The van der Waals surface area contributed by atoms with Crippen molar-refractivity contribution in [3.05, 3.63) is 11.6 Å². The van der Waals surface area contributed by atoms with Crippen LogP contribution in [-0.4, -0.2) is 23.0 Å². The summed E-state index contributed by atoms with van der Waals surface area (Å²) in [7, 11) is 0. The van der Waals surface area contributed by atoms with E-state index in [2.05, 4.69) is 5.32 Å². The number of amides is 1. The van der Waals surface area contributed by atoms with E-state index in [-0.39, 0.29) is 11.8 Å². The van der Waals surface area contributed by atoms with E-state index in [0.29, 0.717) is 5.57 Å². The van der Waals surface area contributed by atoms with Gasteiger partial charge in [0.05, 0.1) is 0 Å². The number of aliphatic carboxylic acids is 1. The smallest absolute Gasteiger partial charge is 0.326 e. The van der Waals surface area contributed by atoms with E-state index in [9.17, 15) is 9.59 Å². The first-order chi connectivity index (χ1) is 6.56. The maximum absolute atomic E-state index is 11.4. The van der Waals surface area contributed by atoms with Crippen LogP contribution in [0.1, 0.15) is 26.7 Å². The number of carboxylic acid groups (broad SMARTS) is 1. The SMILES string of the molecule is C/C=C(/C)C(=O)NC(C(=O)O)C1CC1. The van der Waals surface area contributed by atoms with Crippen LogP contribution in [0.5, 0.6) is 0 Å². The second kappa shape index (κ2) is 4.26. The fourth-order valence-corrected chi connectivity index (χ4v) is 1.20. The van der Waals surface area contributed by atoms with Gasteiger partial charge in [-0.05, 0) is 32.6 Å². The molecular weight excluding hydrogens is 182 g/mol. The maximum atomic E-state index is 11.4. The van der Waals surface area contributed by atoms with Crippen LogP contribution < -0.4 is 5.32 Å². The Morgan fingerprint density at radius 1 is 1.50 bits per heavy atom. The lowest BCUT2D eigenvalue weighted by molar-refractivity contribution is -0.141. The molecule has 0 spiro atoms. The first kappa shape index (κ1) is 10.8. The molecule has 0 aliphatic heterocycles. The standard InChI is InChI=1S/C10H15NO3/c1-3-6(2)9(12)11-8(10(13)14)7-4-5-7/h3,7-8H,4-5H2,1-2H3,(H,11,12)(H,13,14)/b6-3-. The van der Waals surface area contributed by atoms with Gasteiger partial charge in [0.1, 0.15) is 6.04 Å². The zero-order chi connectivity index (χ0) is 10.7. The normalized spacial score (nSPS) is 18.9. The number of carbonyl (C=O) groups excluding carboxylic acids is 1. The van der Waals surface area contributed by atoms with Gasteiger partial charge in [0.25, 0.3) is 0 Å². The Hall–Kier alpha value is -1.32.